The minimum absolute atomic E-state index is 0.242. The summed E-state index contributed by atoms with van der Waals surface area (Å²) in [5, 5.41) is 10.5. The van der Waals surface area contributed by atoms with Crippen LogP contribution in [0.5, 0.6) is 0 Å². The highest BCUT2D eigenvalue weighted by atomic mass is 16.5. The maximum absolute atomic E-state index is 12.9. The second kappa shape index (κ2) is 13.0. The van der Waals surface area contributed by atoms with Gasteiger partial charge in [-0.15, -0.1) is 0 Å². The van der Waals surface area contributed by atoms with Gasteiger partial charge in [0.15, 0.2) is 6.10 Å². The molecule has 2 saturated heterocycles. The van der Waals surface area contributed by atoms with Crippen LogP contribution >= 0.6 is 0 Å². The van der Waals surface area contributed by atoms with Crippen LogP contribution in [0.3, 0.4) is 0 Å². The monoisotopic (exact) mass is 642 g/mol. The molecule has 5 heterocycles. The van der Waals surface area contributed by atoms with Crippen molar-refractivity contribution >= 4 is 23.3 Å². The molecule has 0 unspecified atom stereocenters. The number of carboxylic acid groups (broad SMARTS) is 1. The Hall–Kier alpha value is -3.76. The van der Waals surface area contributed by atoms with Gasteiger partial charge in [-0.3, -0.25) is 9.97 Å². The first-order valence-electron chi connectivity index (χ1n) is 17.0. The molecule has 3 aliphatic heterocycles. The Balaban J connectivity index is 1.37. The lowest BCUT2D eigenvalue weighted by Crippen LogP contribution is -2.39. The van der Waals surface area contributed by atoms with Crippen molar-refractivity contribution < 1.29 is 19.4 Å². The van der Waals surface area contributed by atoms with E-state index in [1.165, 1.54) is 11.1 Å². The number of aromatic nitrogens is 3. The average Bonchev–Trinajstić information content (AvgIpc) is 3.03. The van der Waals surface area contributed by atoms with Crippen molar-refractivity contribution in [1.29, 1.82) is 0 Å². The van der Waals surface area contributed by atoms with Gasteiger partial charge in [0, 0.05) is 61.8 Å². The van der Waals surface area contributed by atoms with Crippen molar-refractivity contribution in [1.82, 2.24) is 15.0 Å². The van der Waals surface area contributed by atoms with Gasteiger partial charge < -0.3 is 29.3 Å². The Bertz CT molecular complexity index is 1620. The maximum atomic E-state index is 12.9. The number of rotatable bonds is 7. The van der Waals surface area contributed by atoms with Crippen LogP contribution in [-0.2, 0) is 27.2 Å². The van der Waals surface area contributed by atoms with E-state index in [1.54, 1.807) is 0 Å². The molecule has 1 N–H and O–H groups in total. The van der Waals surface area contributed by atoms with Crippen LogP contribution in [-0.4, -0.2) is 77.6 Å². The number of aliphatic carboxylic acids is 1. The molecular formula is C37H50N6O4. The number of carboxylic acids is 1. The number of anilines is 3. The lowest BCUT2D eigenvalue weighted by Gasteiger charge is -2.41. The highest BCUT2D eigenvalue weighted by Gasteiger charge is 2.36. The third-order valence-electron chi connectivity index (χ3n) is 9.75. The van der Waals surface area contributed by atoms with E-state index in [0.717, 1.165) is 92.7 Å². The number of piperidine rings is 1. The van der Waals surface area contributed by atoms with Crippen LogP contribution in [0.4, 0.5) is 17.3 Å². The number of aryl methyl sites for hydroxylation is 2. The number of fused-ring (bicyclic) bond motifs is 1. The Kier molecular flexibility index (Phi) is 9.19. The van der Waals surface area contributed by atoms with Gasteiger partial charge in [-0.2, -0.15) is 0 Å². The summed E-state index contributed by atoms with van der Waals surface area (Å²) >= 11 is 0. The highest BCUT2D eigenvalue weighted by molar-refractivity contribution is 5.88. The first-order valence-corrected chi connectivity index (χ1v) is 17.0. The summed E-state index contributed by atoms with van der Waals surface area (Å²) in [6.07, 6.45) is 5.49. The lowest BCUT2D eigenvalue weighted by molar-refractivity contribution is -0.160. The topological polar surface area (TPSA) is 104 Å². The number of hydrogen-bond donors (Lipinski definition) is 1. The Morgan fingerprint density at radius 2 is 1.60 bits per heavy atom. The van der Waals surface area contributed by atoms with Gasteiger partial charge in [-0.1, -0.05) is 32.0 Å². The molecule has 2 aromatic heterocycles. The molecule has 0 amide bonds. The van der Waals surface area contributed by atoms with Gasteiger partial charge in [0.1, 0.15) is 11.6 Å². The number of carbonyl (C=O) groups is 1. The quantitative estimate of drug-likeness (QED) is 0.324. The molecule has 6 rings (SSSR count). The van der Waals surface area contributed by atoms with Crippen LogP contribution in [0.2, 0.25) is 0 Å². The smallest absolute Gasteiger partial charge is 0.337 e. The lowest BCUT2D eigenvalue weighted by atomic mass is 9.81. The van der Waals surface area contributed by atoms with Crippen molar-refractivity contribution in [3.8, 4) is 11.1 Å². The van der Waals surface area contributed by atoms with E-state index >= 15 is 0 Å². The molecule has 1 aromatic carbocycles. The van der Waals surface area contributed by atoms with E-state index in [1.807, 2.05) is 47.0 Å². The molecule has 0 spiro atoms. The number of morpholine rings is 1. The van der Waals surface area contributed by atoms with Crippen molar-refractivity contribution in [2.24, 2.45) is 5.41 Å². The zero-order chi connectivity index (χ0) is 33.5. The molecule has 0 radical (unpaired) electrons. The Morgan fingerprint density at radius 1 is 0.915 bits per heavy atom. The molecule has 0 bridgehead atoms. The van der Waals surface area contributed by atoms with E-state index in [-0.39, 0.29) is 5.41 Å². The van der Waals surface area contributed by atoms with E-state index in [2.05, 4.69) is 51.7 Å². The predicted octanol–water partition coefficient (Wildman–Crippen LogP) is 6.12. The second-order valence-corrected chi connectivity index (χ2v) is 15.0. The molecular weight excluding hydrogens is 592 g/mol. The third-order valence-corrected chi connectivity index (χ3v) is 9.75. The first-order chi connectivity index (χ1) is 22.3. The maximum Gasteiger partial charge on any atom is 0.337 e. The zero-order valence-electron chi connectivity index (χ0n) is 29.1. The first kappa shape index (κ1) is 33.2. The number of nitrogens with zero attached hydrogens (tertiary/aromatic N) is 6. The summed E-state index contributed by atoms with van der Waals surface area (Å²) in [5.41, 5.74) is 7.44. The molecule has 0 aliphatic carbocycles. The summed E-state index contributed by atoms with van der Waals surface area (Å²) in [7, 11) is 0. The van der Waals surface area contributed by atoms with E-state index in [0.29, 0.717) is 24.5 Å². The minimum Gasteiger partial charge on any atom is -0.479 e. The van der Waals surface area contributed by atoms with E-state index < -0.39 is 17.7 Å². The largest absolute Gasteiger partial charge is 0.479 e. The summed E-state index contributed by atoms with van der Waals surface area (Å²) in [6, 6.07) is 6.70. The standard InChI is InChI=1S/C37H50N6O4/c1-24-31(33(42-14-11-37(6,7)12-15-42)32(25(2)39-24)34(35(44)45)47-36(3,4)5)27-8-9-28-23-43(13-10-26(28)20-27)30-22-38-21-29(40-30)41-16-18-46-19-17-41/h8-9,20-22,34H,10-19,23H2,1-7H3,(H,44,45)/t34-/m0/s1. The fourth-order valence-electron chi connectivity index (χ4n) is 7.10. The van der Waals surface area contributed by atoms with Gasteiger partial charge in [-0.25, -0.2) is 9.78 Å². The molecule has 10 nitrogen and oxygen atoms in total. The van der Waals surface area contributed by atoms with Gasteiger partial charge >= 0.3 is 5.97 Å². The van der Waals surface area contributed by atoms with Crippen molar-refractivity contribution in [2.75, 3.05) is 60.6 Å². The van der Waals surface area contributed by atoms with Crippen LogP contribution in [0.25, 0.3) is 11.1 Å². The van der Waals surface area contributed by atoms with Crippen LogP contribution in [0.1, 0.15) is 81.6 Å². The van der Waals surface area contributed by atoms with Gasteiger partial charge in [0.2, 0.25) is 0 Å². The Morgan fingerprint density at radius 3 is 2.26 bits per heavy atom. The van der Waals surface area contributed by atoms with Crippen molar-refractivity contribution in [3.05, 3.63) is 58.7 Å². The fourth-order valence-corrected chi connectivity index (χ4v) is 7.10. The predicted molar refractivity (Wildman–Crippen MR) is 185 cm³/mol. The normalized spacial score (nSPS) is 19.0. The number of pyridine rings is 1. The fraction of sp³-hybridized carbons (Fsp3) is 0.568. The molecule has 2 fully saturated rings. The summed E-state index contributed by atoms with van der Waals surface area (Å²) in [6.45, 7) is 20.7. The summed E-state index contributed by atoms with van der Waals surface area (Å²) in [5.74, 6) is 0.791. The number of benzene rings is 1. The average molecular weight is 643 g/mol. The molecule has 3 aliphatic rings. The van der Waals surface area contributed by atoms with Gasteiger partial charge in [0.25, 0.3) is 0 Å². The zero-order valence-corrected chi connectivity index (χ0v) is 29.1. The molecule has 252 valence electrons. The molecule has 47 heavy (non-hydrogen) atoms. The van der Waals surface area contributed by atoms with E-state index in [4.69, 9.17) is 19.4 Å². The van der Waals surface area contributed by atoms with Crippen LogP contribution < -0.4 is 14.7 Å². The van der Waals surface area contributed by atoms with Crippen molar-refractivity contribution in [2.45, 2.75) is 86.0 Å². The Labute approximate surface area is 279 Å². The van der Waals surface area contributed by atoms with Gasteiger partial charge in [-0.05, 0) is 76.0 Å². The SMILES string of the molecule is Cc1nc(C)c([C@H](OC(C)(C)C)C(=O)O)c(N2CCC(C)(C)CC2)c1-c1ccc2c(c1)CCN(c1cncc(N3CCOCC3)n1)C2. The second-order valence-electron chi connectivity index (χ2n) is 15.0. The molecule has 3 aromatic rings. The van der Waals surface area contributed by atoms with Gasteiger partial charge in [0.05, 0.1) is 36.9 Å². The molecule has 0 saturated carbocycles. The number of hydrogen-bond acceptors (Lipinski definition) is 9. The highest BCUT2D eigenvalue weighted by Crippen LogP contribution is 2.45. The van der Waals surface area contributed by atoms with Crippen LogP contribution in [0, 0.1) is 19.3 Å². The molecule has 10 heteroatoms. The molecule has 1 atom stereocenters. The van der Waals surface area contributed by atoms with Crippen molar-refractivity contribution in [3.63, 3.8) is 0 Å². The number of ether oxygens (including phenoxy) is 2. The summed E-state index contributed by atoms with van der Waals surface area (Å²) < 4.78 is 11.8. The van der Waals surface area contributed by atoms with E-state index in [9.17, 15) is 9.90 Å². The minimum atomic E-state index is -1.13. The summed E-state index contributed by atoms with van der Waals surface area (Å²) in [4.78, 5) is 34.3. The van der Waals surface area contributed by atoms with Crippen LogP contribution in [0.15, 0.2) is 30.6 Å². The third kappa shape index (κ3) is 7.23.